The van der Waals surface area contributed by atoms with Gasteiger partial charge in [0.25, 0.3) is 15.9 Å². The monoisotopic (exact) mass is 633 g/mol. The Balaban J connectivity index is 1.31. The summed E-state index contributed by atoms with van der Waals surface area (Å²) in [4.78, 5) is 16.0. The number of fused-ring (bicyclic) bond motifs is 1. The van der Waals surface area contributed by atoms with Crippen LogP contribution in [-0.4, -0.2) is 56.6 Å². The number of carbonyl (C=O) groups excluding carboxylic acids is 1. The summed E-state index contributed by atoms with van der Waals surface area (Å²) >= 11 is 1.10. The van der Waals surface area contributed by atoms with Crippen molar-refractivity contribution >= 4 is 47.9 Å². The first-order valence-corrected chi connectivity index (χ1v) is 18.6. The highest BCUT2D eigenvalue weighted by molar-refractivity contribution is 7.91. The molecule has 1 aromatic carbocycles. The summed E-state index contributed by atoms with van der Waals surface area (Å²) in [6.45, 7) is 0.204. The molecule has 224 valence electrons. The Morgan fingerprint density at radius 3 is 2.43 bits per heavy atom. The van der Waals surface area contributed by atoms with Crippen LogP contribution in [0.2, 0.25) is 0 Å². The standard InChI is InChI=1S/C29H32FN3O6S3/c1-41(36,37)7-6-18-14-40-28-26(18)42(38,39)32-27(31-28)23-25(34)22-19-9-16-8-17(10-19)12-20(11-16)24(22)33(29(23)35)13-15-2-4-21(30)5-3-15/h2-5,14,16-17,19-20,22,24,34H,6-13H2,1H3,(H,31,32)/t16?,17?,19?,20?,22-,24+/m1/s1. The van der Waals surface area contributed by atoms with E-state index in [1.165, 1.54) is 18.6 Å². The number of sulfone groups is 1. The van der Waals surface area contributed by atoms with E-state index in [0.29, 0.717) is 17.4 Å². The summed E-state index contributed by atoms with van der Waals surface area (Å²) in [5, 5.41) is 16.7. The number of aryl methyl sites for hydroxylation is 1. The molecule has 6 aliphatic rings. The highest BCUT2D eigenvalue weighted by Gasteiger charge is 2.56. The lowest BCUT2D eigenvalue weighted by atomic mass is 9.67. The molecule has 1 aromatic heterocycles. The first kappa shape index (κ1) is 28.0. The molecule has 0 spiro atoms. The van der Waals surface area contributed by atoms with Crippen molar-refractivity contribution < 1.29 is 31.1 Å². The first-order chi connectivity index (χ1) is 19.9. The molecule has 4 saturated carbocycles. The van der Waals surface area contributed by atoms with E-state index in [1.807, 2.05) is 0 Å². The van der Waals surface area contributed by atoms with Gasteiger partial charge in [0.1, 0.15) is 36.9 Å². The Labute approximate surface area is 248 Å². The molecule has 4 bridgehead atoms. The molecule has 2 aliphatic heterocycles. The number of thiophene rings is 1. The van der Waals surface area contributed by atoms with Crippen LogP contribution in [0.4, 0.5) is 9.39 Å². The van der Waals surface area contributed by atoms with Gasteiger partial charge in [-0.2, -0.15) is 8.42 Å². The van der Waals surface area contributed by atoms with Crippen LogP contribution in [0.5, 0.6) is 0 Å². The van der Waals surface area contributed by atoms with Crippen LogP contribution in [0.3, 0.4) is 0 Å². The van der Waals surface area contributed by atoms with E-state index in [4.69, 9.17) is 0 Å². The van der Waals surface area contributed by atoms with E-state index in [9.17, 15) is 31.1 Å². The molecule has 42 heavy (non-hydrogen) atoms. The zero-order valence-electron chi connectivity index (χ0n) is 23.0. The number of anilines is 1. The molecule has 1 amide bonds. The molecule has 2 aromatic rings. The highest BCUT2D eigenvalue weighted by atomic mass is 32.2. The molecule has 0 radical (unpaired) electrons. The fourth-order valence-corrected chi connectivity index (χ4v) is 11.6. The van der Waals surface area contributed by atoms with Crippen molar-refractivity contribution in [1.29, 1.82) is 0 Å². The maximum Gasteiger partial charge on any atom is 0.287 e. The average molecular weight is 634 g/mol. The molecule has 0 saturated heterocycles. The number of carbonyl (C=O) groups is 1. The van der Waals surface area contributed by atoms with Gasteiger partial charge in [-0.25, -0.2) is 12.8 Å². The summed E-state index contributed by atoms with van der Waals surface area (Å²) in [5.41, 5.74) is 0.953. The Hall–Kier alpha value is -2.77. The third-order valence-electron chi connectivity index (χ3n) is 9.74. The smallest absolute Gasteiger partial charge is 0.287 e. The minimum atomic E-state index is -4.30. The number of rotatable bonds is 6. The topological polar surface area (TPSA) is 133 Å². The molecule has 2 N–H and O–H groups in total. The summed E-state index contributed by atoms with van der Waals surface area (Å²) in [7, 11) is -7.62. The lowest BCUT2D eigenvalue weighted by Crippen LogP contribution is -2.55. The SMILES string of the molecule is CS(=O)(=O)CCc1csc2c1S(=O)(=O)N=C(C1=C(O)[C@@H]3C4CC5CC(C4)CC(C5)[C@@H]3N(Cc3ccc(F)cc3)C1=O)N2. The van der Waals surface area contributed by atoms with Crippen molar-refractivity contribution in [1.82, 2.24) is 4.90 Å². The number of nitrogens with one attached hydrogen (secondary N) is 1. The average Bonchev–Trinajstić information content (AvgIpc) is 3.24. The van der Waals surface area contributed by atoms with Crippen molar-refractivity contribution in [3.05, 3.63) is 57.9 Å². The Bertz CT molecular complexity index is 1730. The Morgan fingerprint density at radius 1 is 1.10 bits per heavy atom. The second-order valence-electron chi connectivity index (χ2n) is 12.6. The van der Waals surface area contributed by atoms with Crippen LogP contribution >= 0.6 is 11.3 Å². The van der Waals surface area contributed by atoms with Gasteiger partial charge in [0.15, 0.2) is 5.84 Å². The van der Waals surface area contributed by atoms with E-state index in [-0.39, 0.29) is 75.4 Å². The van der Waals surface area contributed by atoms with E-state index in [2.05, 4.69) is 9.71 Å². The van der Waals surface area contributed by atoms with E-state index in [0.717, 1.165) is 48.8 Å². The van der Waals surface area contributed by atoms with Gasteiger partial charge < -0.3 is 15.3 Å². The minimum Gasteiger partial charge on any atom is -0.511 e. The second-order valence-corrected chi connectivity index (χ2v) is 17.3. The molecule has 4 fully saturated rings. The van der Waals surface area contributed by atoms with Gasteiger partial charge in [0.2, 0.25) is 0 Å². The number of amidine groups is 1. The van der Waals surface area contributed by atoms with Crippen LogP contribution in [0.1, 0.15) is 43.2 Å². The number of hydrogen-bond donors (Lipinski definition) is 2. The number of hydrogen-bond acceptors (Lipinski definition) is 8. The van der Waals surface area contributed by atoms with E-state index < -0.39 is 25.8 Å². The third kappa shape index (κ3) is 4.77. The van der Waals surface area contributed by atoms with Crippen molar-refractivity contribution in [2.24, 2.45) is 34.0 Å². The number of nitrogens with zero attached hydrogens (tertiary/aromatic N) is 2. The summed E-state index contributed by atoms with van der Waals surface area (Å²) < 4.78 is 68.1. The van der Waals surface area contributed by atoms with Gasteiger partial charge in [-0.05, 0) is 90.8 Å². The quantitative estimate of drug-likeness (QED) is 0.485. The van der Waals surface area contributed by atoms with Gasteiger partial charge in [0, 0.05) is 24.8 Å². The van der Waals surface area contributed by atoms with Gasteiger partial charge >= 0.3 is 0 Å². The molecule has 4 aliphatic carbocycles. The van der Waals surface area contributed by atoms with Crippen molar-refractivity contribution in [2.75, 3.05) is 17.3 Å². The molecular weight excluding hydrogens is 602 g/mol. The van der Waals surface area contributed by atoms with Crippen molar-refractivity contribution in [3.63, 3.8) is 0 Å². The maximum absolute atomic E-state index is 14.4. The lowest BCUT2D eigenvalue weighted by Gasteiger charge is -2.45. The van der Waals surface area contributed by atoms with E-state index in [1.54, 1.807) is 22.4 Å². The predicted octanol–water partition coefficient (Wildman–Crippen LogP) is 4.28. The van der Waals surface area contributed by atoms with Gasteiger partial charge in [0.05, 0.1) is 5.75 Å². The van der Waals surface area contributed by atoms with E-state index >= 15 is 0 Å². The van der Waals surface area contributed by atoms with Crippen LogP contribution < -0.4 is 5.32 Å². The third-order valence-corrected chi connectivity index (χ3v) is 13.2. The lowest BCUT2D eigenvalue weighted by molar-refractivity contribution is -0.135. The molecule has 13 heteroatoms. The summed E-state index contributed by atoms with van der Waals surface area (Å²) in [5.74, 6) is -0.290. The van der Waals surface area contributed by atoms with Crippen LogP contribution in [0.25, 0.3) is 0 Å². The number of sulfonamides is 1. The zero-order valence-corrected chi connectivity index (χ0v) is 25.4. The van der Waals surface area contributed by atoms with Gasteiger partial charge in [-0.3, -0.25) is 4.79 Å². The number of aliphatic hydroxyl groups is 1. The fraction of sp³-hybridized carbons (Fsp3) is 0.517. The molecule has 2 unspecified atom stereocenters. The molecule has 4 atom stereocenters. The number of halogens is 1. The normalized spacial score (nSPS) is 31.3. The molecule has 9 nitrogen and oxygen atoms in total. The largest absolute Gasteiger partial charge is 0.511 e. The van der Waals surface area contributed by atoms with Crippen molar-refractivity contribution in [3.8, 4) is 0 Å². The first-order valence-electron chi connectivity index (χ1n) is 14.3. The Morgan fingerprint density at radius 2 is 1.76 bits per heavy atom. The Kier molecular flexibility index (Phi) is 6.59. The molecular formula is C29H32FN3O6S3. The number of amides is 1. The second kappa shape index (κ2) is 9.88. The number of aliphatic hydroxyl groups excluding tert-OH is 1. The van der Waals surface area contributed by atoms with Crippen molar-refractivity contribution in [2.45, 2.75) is 56.0 Å². The van der Waals surface area contributed by atoms with Crippen LogP contribution in [-0.2, 0) is 37.6 Å². The minimum absolute atomic E-state index is 0.0178. The fourth-order valence-electron chi connectivity index (χ4n) is 8.30. The van der Waals surface area contributed by atoms with Crippen LogP contribution in [0.15, 0.2) is 50.3 Å². The van der Waals surface area contributed by atoms with Gasteiger partial charge in [-0.15, -0.1) is 15.7 Å². The molecule has 3 heterocycles. The van der Waals surface area contributed by atoms with Gasteiger partial charge in [-0.1, -0.05) is 12.1 Å². The summed E-state index contributed by atoms with van der Waals surface area (Å²) in [6.07, 6.45) is 6.19. The summed E-state index contributed by atoms with van der Waals surface area (Å²) in [6, 6.07) is 5.76. The zero-order chi connectivity index (χ0) is 29.6. The van der Waals surface area contributed by atoms with Crippen LogP contribution in [0, 0.1) is 35.4 Å². The maximum atomic E-state index is 14.4. The predicted molar refractivity (Wildman–Crippen MR) is 157 cm³/mol. The molecule has 8 rings (SSSR count). The number of benzene rings is 1. The highest BCUT2D eigenvalue weighted by Crippen LogP contribution is 2.57.